The standard InChI is InChI=1S/C15H20N2O2/c1-16-7-8-19-13(9-16)10-17-6-5-14-12(11-18)3-2-4-15(14)17/h2-6,13,18H,7-11H2,1H3. The Balaban J connectivity index is 1.85. The van der Waals surface area contributed by atoms with Crippen molar-refractivity contribution in [3.05, 3.63) is 36.0 Å². The van der Waals surface area contributed by atoms with Crippen molar-refractivity contribution in [3.63, 3.8) is 0 Å². The van der Waals surface area contributed by atoms with Crippen molar-refractivity contribution >= 4 is 10.9 Å². The molecule has 102 valence electrons. The van der Waals surface area contributed by atoms with E-state index in [4.69, 9.17) is 4.74 Å². The van der Waals surface area contributed by atoms with E-state index in [1.807, 2.05) is 12.1 Å². The predicted molar refractivity (Wildman–Crippen MR) is 75.1 cm³/mol. The molecule has 1 aliphatic heterocycles. The van der Waals surface area contributed by atoms with Crippen molar-refractivity contribution in [1.82, 2.24) is 9.47 Å². The maximum Gasteiger partial charge on any atom is 0.0881 e. The highest BCUT2D eigenvalue weighted by Crippen LogP contribution is 2.21. The maximum atomic E-state index is 9.36. The van der Waals surface area contributed by atoms with Gasteiger partial charge in [0.2, 0.25) is 0 Å². The molecule has 2 aromatic rings. The van der Waals surface area contributed by atoms with E-state index in [9.17, 15) is 5.11 Å². The van der Waals surface area contributed by atoms with Crippen LogP contribution >= 0.6 is 0 Å². The number of rotatable bonds is 3. The second kappa shape index (κ2) is 5.33. The summed E-state index contributed by atoms with van der Waals surface area (Å²) in [5.74, 6) is 0. The number of aliphatic hydroxyl groups is 1. The lowest BCUT2D eigenvalue weighted by Crippen LogP contribution is -2.41. The number of nitrogens with zero attached hydrogens (tertiary/aromatic N) is 2. The predicted octanol–water partition coefficient (Wildman–Crippen LogP) is 1.46. The Bertz CT molecular complexity index is 564. The van der Waals surface area contributed by atoms with E-state index in [-0.39, 0.29) is 12.7 Å². The third kappa shape index (κ3) is 2.52. The van der Waals surface area contributed by atoms with Gasteiger partial charge in [-0.3, -0.25) is 0 Å². The number of benzene rings is 1. The lowest BCUT2D eigenvalue weighted by molar-refractivity contribution is -0.0269. The van der Waals surface area contributed by atoms with Crippen LogP contribution in [0.3, 0.4) is 0 Å². The number of ether oxygens (including phenoxy) is 1. The summed E-state index contributed by atoms with van der Waals surface area (Å²) < 4.78 is 8.04. The number of likely N-dealkylation sites (N-methyl/N-ethyl adjacent to an activating group) is 1. The molecule has 1 aromatic carbocycles. The summed E-state index contributed by atoms with van der Waals surface area (Å²) >= 11 is 0. The molecule has 0 bridgehead atoms. The van der Waals surface area contributed by atoms with Gasteiger partial charge in [-0.05, 0) is 24.7 Å². The number of hydrogen-bond donors (Lipinski definition) is 1. The molecule has 4 nitrogen and oxygen atoms in total. The summed E-state index contributed by atoms with van der Waals surface area (Å²) in [5, 5.41) is 10.5. The minimum atomic E-state index is 0.0873. The Morgan fingerprint density at radius 3 is 3.05 bits per heavy atom. The Kier molecular flexibility index (Phi) is 3.55. The summed E-state index contributed by atoms with van der Waals surface area (Å²) in [6.45, 7) is 3.74. The van der Waals surface area contributed by atoms with Crippen molar-refractivity contribution in [2.45, 2.75) is 19.3 Å². The van der Waals surface area contributed by atoms with Crippen LogP contribution in [0.15, 0.2) is 30.5 Å². The molecule has 3 rings (SSSR count). The highest BCUT2D eigenvalue weighted by Gasteiger charge is 2.18. The number of aliphatic hydroxyl groups excluding tert-OH is 1. The van der Waals surface area contributed by atoms with Crippen molar-refractivity contribution in [2.24, 2.45) is 0 Å². The van der Waals surface area contributed by atoms with Gasteiger partial charge in [0.25, 0.3) is 0 Å². The monoisotopic (exact) mass is 260 g/mol. The first kappa shape index (κ1) is 12.7. The Hall–Kier alpha value is -1.36. The van der Waals surface area contributed by atoms with Gasteiger partial charge in [0.05, 0.1) is 25.9 Å². The zero-order chi connectivity index (χ0) is 13.2. The first-order chi connectivity index (χ1) is 9.28. The maximum absolute atomic E-state index is 9.36. The molecule has 1 fully saturated rings. The molecule has 0 aliphatic carbocycles. The second-order valence-electron chi connectivity index (χ2n) is 5.23. The fourth-order valence-corrected chi connectivity index (χ4v) is 2.78. The van der Waals surface area contributed by atoms with Gasteiger partial charge in [-0.2, -0.15) is 0 Å². The summed E-state index contributed by atoms with van der Waals surface area (Å²) in [4.78, 5) is 2.30. The van der Waals surface area contributed by atoms with Gasteiger partial charge < -0.3 is 19.3 Å². The zero-order valence-electron chi connectivity index (χ0n) is 11.2. The highest BCUT2D eigenvalue weighted by atomic mass is 16.5. The average Bonchev–Trinajstić information content (AvgIpc) is 2.82. The van der Waals surface area contributed by atoms with Gasteiger partial charge in [0, 0.05) is 30.2 Å². The van der Waals surface area contributed by atoms with Crippen LogP contribution in [0.5, 0.6) is 0 Å². The van der Waals surface area contributed by atoms with E-state index >= 15 is 0 Å². The number of morpholine rings is 1. The van der Waals surface area contributed by atoms with E-state index in [2.05, 4.69) is 34.8 Å². The van der Waals surface area contributed by atoms with Crippen molar-refractivity contribution in [2.75, 3.05) is 26.7 Å². The first-order valence-corrected chi connectivity index (χ1v) is 6.75. The average molecular weight is 260 g/mol. The van der Waals surface area contributed by atoms with E-state index in [0.717, 1.165) is 37.2 Å². The first-order valence-electron chi connectivity index (χ1n) is 6.75. The molecule has 1 N–H and O–H groups in total. The summed E-state index contributed by atoms with van der Waals surface area (Å²) in [6.07, 6.45) is 2.33. The molecular formula is C15H20N2O2. The van der Waals surface area contributed by atoms with Crippen LogP contribution in [0.4, 0.5) is 0 Å². The molecular weight excluding hydrogens is 240 g/mol. The lowest BCUT2D eigenvalue weighted by atomic mass is 10.1. The van der Waals surface area contributed by atoms with Gasteiger partial charge in [0.15, 0.2) is 0 Å². The molecule has 4 heteroatoms. The van der Waals surface area contributed by atoms with Crippen molar-refractivity contribution in [1.29, 1.82) is 0 Å². The van der Waals surface area contributed by atoms with Gasteiger partial charge in [-0.15, -0.1) is 0 Å². The van der Waals surface area contributed by atoms with Crippen LogP contribution in [0.25, 0.3) is 10.9 Å². The number of aromatic nitrogens is 1. The highest BCUT2D eigenvalue weighted by molar-refractivity contribution is 5.83. The third-order valence-corrected chi connectivity index (χ3v) is 3.82. The Morgan fingerprint density at radius 2 is 2.26 bits per heavy atom. The van der Waals surface area contributed by atoms with Gasteiger partial charge in [-0.25, -0.2) is 0 Å². The van der Waals surface area contributed by atoms with Crippen molar-refractivity contribution < 1.29 is 9.84 Å². The summed E-state index contributed by atoms with van der Waals surface area (Å²) in [5.41, 5.74) is 2.15. The zero-order valence-corrected chi connectivity index (χ0v) is 11.2. The molecule has 0 amide bonds. The topological polar surface area (TPSA) is 37.6 Å². The molecule has 1 aliphatic rings. The largest absolute Gasteiger partial charge is 0.392 e. The van der Waals surface area contributed by atoms with Crippen LogP contribution in [-0.4, -0.2) is 47.4 Å². The molecule has 0 saturated carbocycles. The van der Waals surface area contributed by atoms with E-state index in [0.29, 0.717) is 0 Å². The van der Waals surface area contributed by atoms with Crippen LogP contribution in [-0.2, 0) is 17.9 Å². The van der Waals surface area contributed by atoms with E-state index in [1.165, 1.54) is 5.52 Å². The van der Waals surface area contributed by atoms with E-state index < -0.39 is 0 Å². The third-order valence-electron chi connectivity index (χ3n) is 3.82. The fraction of sp³-hybridized carbons (Fsp3) is 0.467. The van der Waals surface area contributed by atoms with Gasteiger partial charge >= 0.3 is 0 Å². The second-order valence-corrected chi connectivity index (χ2v) is 5.23. The molecule has 1 aromatic heterocycles. The van der Waals surface area contributed by atoms with Gasteiger partial charge in [-0.1, -0.05) is 12.1 Å². The Morgan fingerprint density at radius 1 is 1.37 bits per heavy atom. The normalized spacial score (nSPS) is 21.1. The molecule has 19 heavy (non-hydrogen) atoms. The summed E-state index contributed by atoms with van der Waals surface area (Å²) in [6, 6.07) is 8.14. The van der Waals surface area contributed by atoms with Crippen LogP contribution in [0.2, 0.25) is 0 Å². The van der Waals surface area contributed by atoms with Gasteiger partial charge in [0.1, 0.15) is 0 Å². The van der Waals surface area contributed by atoms with Crippen molar-refractivity contribution in [3.8, 4) is 0 Å². The molecule has 1 atom stereocenters. The Labute approximate surface area is 113 Å². The molecule has 2 heterocycles. The van der Waals surface area contributed by atoms with E-state index in [1.54, 1.807) is 0 Å². The fourth-order valence-electron chi connectivity index (χ4n) is 2.78. The minimum Gasteiger partial charge on any atom is -0.392 e. The molecule has 1 unspecified atom stereocenters. The smallest absolute Gasteiger partial charge is 0.0881 e. The molecule has 0 spiro atoms. The van der Waals surface area contributed by atoms with Crippen LogP contribution < -0.4 is 0 Å². The van der Waals surface area contributed by atoms with Crippen LogP contribution in [0, 0.1) is 0 Å². The van der Waals surface area contributed by atoms with Crippen LogP contribution in [0.1, 0.15) is 5.56 Å². The molecule has 1 saturated heterocycles. The minimum absolute atomic E-state index is 0.0873. The number of fused-ring (bicyclic) bond motifs is 1. The number of hydrogen-bond acceptors (Lipinski definition) is 3. The lowest BCUT2D eigenvalue weighted by Gasteiger charge is -2.30. The summed E-state index contributed by atoms with van der Waals surface area (Å²) in [7, 11) is 2.13. The quantitative estimate of drug-likeness (QED) is 0.908. The molecule has 0 radical (unpaired) electrons. The SMILES string of the molecule is CN1CCOC(Cn2ccc3c(CO)cccc32)C1.